The molecule has 8 heteroatoms. The van der Waals surface area contributed by atoms with Crippen LogP contribution in [0.1, 0.15) is 52.5 Å². The number of carbonyl (C=O) groups is 4. The van der Waals surface area contributed by atoms with Gasteiger partial charge in [0.2, 0.25) is 5.91 Å². The van der Waals surface area contributed by atoms with E-state index in [9.17, 15) is 19.2 Å². The highest BCUT2D eigenvalue weighted by molar-refractivity contribution is 6.18. The molecule has 0 bridgehead atoms. The Bertz CT molecular complexity index is 1180. The Morgan fingerprint density at radius 1 is 0.947 bits per heavy atom. The molecule has 0 aliphatic carbocycles. The zero-order chi connectivity index (χ0) is 27.5. The van der Waals surface area contributed by atoms with E-state index in [2.05, 4.69) is 0 Å². The average molecular weight is 521 g/mol. The lowest BCUT2D eigenvalue weighted by Gasteiger charge is -2.51. The van der Waals surface area contributed by atoms with Gasteiger partial charge in [-0.25, -0.2) is 4.79 Å². The maximum atomic E-state index is 13.7. The number of benzene rings is 2. The fourth-order valence-corrected chi connectivity index (χ4v) is 5.25. The standard InChI is InChI=1S/C30H36N2O6/c1-5-37-27(35)25-24(33)19-30(15-17-31(18-16-30)28(36)38-29(2,3)4)32(26(25)34)20-21-11-13-23(14-12-21)22-9-7-6-8-10-22/h6-14,25H,5,15-20H2,1-4H3. The summed E-state index contributed by atoms with van der Waals surface area (Å²) in [5.41, 5.74) is 1.64. The lowest BCUT2D eigenvalue weighted by atomic mass is 9.74. The molecule has 202 valence electrons. The maximum absolute atomic E-state index is 13.7. The second-order valence-electron chi connectivity index (χ2n) is 11.0. The number of hydrogen-bond donors (Lipinski definition) is 0. The summed E-state index contributed by atoms with van der Waals surface area (Å²) >= 11 is 0. The molecule has 38 heavy (non-hydrogen) atoms. The summed E-state index contributed by atoms with van der Waals surface area (Å²) in [5.74, 6) is -3.20. The van der Waals surface area contributed by atoms with Crippen LogP contribution in [0.5, 0.6) is 0 Å². The van der Waals surface area contributed by atoms with Crippen LogP contribution in [-0.2, 0) is 30.4 Å². The average Bonchev–Trinajstić information content (AvgIpc) is 2.87. The van der Waals surface area contributed by atoms with E-state index < -0.39 is 40.8 Å². The van der Waals surface area contributed by atoms with Gasteiger partial charge in [0.05, 0.1) is 12.1 Å². The van der Waals surface area contributed by atoms with Gasteiger partial charge >= 0.3 is 12.1 Å². The number of hydrogen-bond acceptors (Lipinski definition) is 6. The highest BCUT2D eigenvalue weighted by Crippen LogP contribution is 2.40. The molecular formula is C30H36N2O6. The zero-order valence-electron chi connectivity index (χ0n) is 22.6. The molecule has 0 aromatic heterocycles. The molecule has 2 aromatic rings. The van der Waals surface area contributed by atoms with E-state index in [1.165, 1.54) is 0 Å². The number of ketones is 1. The van der Waals surface area contributed by atoms with Crippen LogP contribution in [0.2, 0.25) is 0 Å². The van der Waals surface area contributed by atoms with Gasteiger partial charge in [0.15, 0.2) is 11.7 Å². The number of piperidine rings is 2. The molecule has 2 aromatic carbocycles. The quantitative estimate of drug-likeness (QED) is 0.423. The molecule has 1 unspecified atom stereocenters. The van der Waals surface area contributed by atoms with Crippen molar-refractivity contribution in [1.29, 1.82) is 0 Å². The second kappa shape index (κ2) is 11.0. The molecule has 0 radical (unpaired) electrons. The molecule has 0 N–H and O–H groups in total. The third kappa shape index (κ3) is 5.90. The minimum atomic E-state index is -1.45. The molecule has 2 aliphatic rings. The van der Waals surface area contributed by atoms with Gasteiger partial charge in [0.1, 0.15) is 5.60 Å². The van der Waals surface area contributed by atoms with Crippen molar-refractivity contribution in [2.75, 3.05) is 19.7 Å². The minimum absolute atomic E-state index is 0.0481. The summed E-state index contributed by atoms with van der Waals surface area (Å²) in [5, 5.41) is 0. The molecular weight excluding hydrogens is 484 g/mol. The number of carbonyl (C=O) groups excluding carboxylic acids is 4. The van der Waals surface area contributed by atoms with Crippen LogP contribution in [0.15, 0.2) is 54.6 Å². The molecule has 2 heterocycles. The van der Waals surface area contributed by atoms with E-state index in [0.717, 1.165) is 16.7 Å². The Balaban J connectivity index is 1.58. The summed E-state index contributed by atoms with van der Waals surface area (Å²) in [7, 11) is 0. The van der Waals surface area contributed by atoms with Gasteiger partial charge < -0.3 is 19.3 Å². The number of ether oxygens (including phenoxy) is 2. The number of nitrogens with zero attached hydrogens (tertiary/aromatic N) is 2. The number of esters is 1. The summed E-state index contributed by atoms with van der Waals surface area (Å²) in [4.78, 5) is 55.4. The van der Waals surface area contributed by atoms with Crippen molar-refractivity contribution in [3.63, 3.8) is 0 Å². The SMILES string of the molecule is CCOC(=O)C1C(=O)CC2(CCN(C(=O)OC(C)(C)C)CC2)N(Cc2ccc(-c3ccccc3)cc2)C1=O. The Morgan fingerprint density at radius 3 is 2.13 bits per heavy atom. The first-order valence-corrected chi connectivity index (χ1v) is 13.2. The lowest BCUT2D eigenvalue weighted by Crippen LogP contribution is -2.65. The highest BCUT2D eigenvalue weighted by atomic mass is 16.6. The first-order chi connectivity index (χ1) is 18.0. The molecule has 1 spiro atoms. The molecule has 2 aliphatic heterocycles. The van der Waals surface area contributed by atoms with Crippen molar-refractivity contribution >= 4 is 23.8 Å². The van der Waals surface area contributed by atoms with Gasteiger partial charge in [-0.3, -0.25) is 14.4 Å². The van der Waals surface area contributed by atoms with Crippen LogP contribution >= 0.6 is 0 Å². The molecule has 2 amide bonds. The van der Waals surface area contributed by atoms with E-state index in [-0.39, 0.29) is 19.6 Å². The minimum Gasteiger partial charge on any atom is -0.465 e. The Labute approximate surface area is 223 Å². The van der Waals surface area contributed by atoms with Crippen LogP contribution in [0.4, 0.5) is 4.79 Å². The van der Waals surface area contributed by atoms with Gasteiger partial charge in [0, 0.05) is 26.1 Å². The molecule has 0 saturated carbocycles. The third-order valence-corrected chi connectivity index (χ3v) is 7.18. The Hall–Kier alpha value is -3.68. The first-order valence-electron chi connectivity index (χ1n) is 13.2. The fraction of sp³-hybridized carbons (Fsp3) is 0.467. The Morgan fingerprint density at radius 2 is 1.55 bits per heavy atom. The van der Waals surface area contributed by atoms with Crippen LogP contribution in [-0.4, -0.2) is 64.4 Å². The molecule has 8 nitrogen and oxygen atoms in total. The molecule has 4 rings (SSSR count). The van der Waals surface area contributed by atoms with E-state index in [4.69, 9.17) is 9.47 Å². The molecule has 2 fully saturated rings. The third-order valence-electron chi connectivity index (χ3n) is 7.18. The summed E-state index contributed by atoms with van der Waals surface area (Å²) < 4.78 is 10.6. The van der Waals surface area contributed by atoms with Crippen LogP contribution < -0.4 is 0 Å². The van der Waals surface area contributed by atoms with Gasteiger partial charge in [-0.2, -0.15) is 0 Å². The van der Waals surface area contributed by atoms with Crippen molar-refractivity contribution in [3.8, 4) is 11.1 Å². The van der Waals surface area contributed by atoms with Gasteiger partial charge in [-0.1, -0.05) is 54.6 Å². The van der Waals surface area contributed by atoms with Crippen molar-refractivity contribution in [1.82, 2.24) is 9.80 Å². The van der Waals surface area contributed by atoms with E-state index in [0.29, 0.717) is 25.9 Å². The van der Waals surface area contributed by atoms with Gasteiger partial charge in [0.25, 0.3) is 0 Å². The van der Waals surface area contributed by atoms with Crippen LogP contribution in [0.25, 0.3) is 11.1 Å². The lowest BCUT2D eigenvalue weighted by molar-refractivity contribution is -0.169. The predicted molar refractivity (Wildman–Crippen MR) is 142 cm³/mol. The number of likely N-dealkylation sites (tertiary alicyclic amines) is 2. The summed E-state index contributed by atoms with van der Waals surface area (Å²) in [6.07, 6.45) is 0.475. The van der Waals surface area contributed by atoms with Crippen LogP contribution in [0.3, 0.4) is 0 Å². The highest BCUT2D eigenvalue weighted by Gasteiger charge is 2.54. The normalized spacial score (nSPS) is 19.4. The number of rotatable bonds is 5. The van der Waals surface area contributed by atoms with Crippen molar-refractivity contribution in [2.45, 2.75) is 64.6 Å². The largest absolute Gasteiger partial charge is 0.465 e. The Kier molecular flexibility index (Phi) is 7.90. The monoisotopic (exact) mass is 520 g/mol. The zero-order valence-corrected chi connectivity index (χ0v) is 22.6. The topological polar surface area (TPSA) is 93.2 Å². The second-order valence-corrected chi connectivity index (χ2v) is 11.0. The molecule has 1 atom stereocenters. The van der Waals surface area contributed by atoms with Crippen molar-refractivity contribution in [2.24, 2.45) is 5.92 Å². The van der Waals surface area contributed by atoms with Crippen molar-refractivity contribution in [3.05, 3.63) is 60.2 Å². The number of amides is 2. The van der Waals surface area contributed by atoms with E-state index in [1.807, 2.05) is 75.4 Å². The van der Waals surface area contributed by atoms with Gasteiger partial charge in [-0.15, -0.1) is 0 Å². The van der Waals surface area contributed by atoms with Crippen LogP contribution in [0, 0.1) is 5.92 Å². The fourth-order valence-electron chi connectivity index (χ4n) is 5.25. The first kappa shape index (κ1) is 27.4. The van der Waals surface area contributed by atoms with E-state index >= 15 is 0 Å². The smallest absolute Gasteiger partial charge is 0.410 e. The van der Waals surface area contributed by atoms with Gasteiger partial charge in [-0.05, 0) is 57.2 Å². The molecule has 2 saturated heterocycles. The maximum Gasteiger partial charge on any atom is 0.410 e. The van der Waals surface area contributed by atoms with E-state index in [1.54, 1.807) is 16.7 Å². The number of Topliss-reactive ketones (excluding diaryl/α,β-unsaturated/α-hetero) is 1. The van der Waals surface area contributed by atoms with Crippen molar-refractivity contribution < 1.29 is 28.7 Å². The predicted octanol–water partition coefficient (Wildman–Crippen LogP) is 4.60. The summed E-state index contributed by atoms with van der Waals surface area (Å²) in [6.45, 7) is 8.14. The summed E-state index contributed by atoms with van der Waals surface area (Å²) in [6, 6.07) is 17.9.